The molecule has 1 aliphatic rings. The van der Waals surface area contributed by atoms with Gasteiger partial charge in [0.15, 0.2) is 9.84 Å². The molecule has 5 nitrogen and oxygen atoms in total. The van der Waals surface area contributed by atoms with Gasteiger partial charge in [0.05, 0.1) is 17.1 Å². The van der Waals surface area contributed by atoms with Crippen LogP contribution in [0, 0.1) is 0 Å². The first kappa shape index (κ1) is 22.3. The molecule has 0 bridgehead atoms. The van der Waals surface area contributed by atoms with E-state index >= 15 is 0 Å². The van der Waals surface area contributed by atoms with E-state index < -0.39 is 9.84 Å². The molecule has 32 heavy (non-hydrogen) atoms. The molecular weight excluding hydrogens is 442 g/mol. The van der Waals surface area contributed by atoms with Crippen LogP contribution in [0.25, 0.3) is 11.6 Å². The minimum absolute atomic E-state index is 0.0236. The Morgan fingerprint density at radius 1 is 1.12 bits per heavy atom. The van der Waals surface area contributed by atoms with Crippen molar-refractivity contribution in [2.75, 3.05) is 18.6 Å². The summed E-state index contributed by atoms with van der Waals surface area (Å²) in [5.41, 5.74) is 2.47. The monoisotopic (exact) mass is 467 g/mol. The quantitative estimate of drug-likeness (QED) is 0.480. The van der Waals surface area contributed by atoms with Gasteiger partial charge in [0, 0.05) is 18.0 Å². The Morgan fingerprint density at radius 2 is 1.94 bits per heavy atom. The van der Waals surface area contributed by atoms with Crippen LogP contribution in [0.5, 0.6) is 5.75 Å². The molecule has 0 N–H and O–H groups in total. The molecule has 4 rings (SSSR count). The lowest BCUT2D eigenvalue weighted by Crippen LogP contribution is -2.38. The number of sulfone groups is 1. The minimum atomic E-state index is -3.07. The Kier molecular flexibility index (Phi) is 6.77. The zero-order chi connectivity index (χ0) is 22.6. The van der Waals surface area contributed by atoms with Crippen molar-refractivity contribution >= 4 is 38.7 Å². The first-order valence-electron chi connectivity index (χ1n) is 10.4. The van der Waals surface area contributed by atoms with Gasteiger partial charge in [-0.15, -0.1) is 11.3 Å². The number of ether oxygens (including phenoxy) is 1. The average Bonchev–Trinajstić information content (AvgIpc) is 3.46. The van der Waals surface area contributed by atoms with E-state index in [9.17, 15) is 13.2 Å². The van der Waals surface area contributed by atoms with Crippen LogP contribution in [-0.4, -0.2) is 43.8 Å². The lowest BCUT2D eigenvalue weighted by Gasteiger charge is -2.24. The van der Waals surface area contributed by atoms with Crippen LogP contribution in [-0.2, 0) is 21.2 Å². The molecule has 1 saturated heterocycles. The Balaban J connectivity index is 1.57. The van der Waals surface area contributed by atoms with Crippen LogP contribution in [0.15, 0.2) is 72.1 Å². The number of carbonyl (C=O) groups excluding carboxylic acids is 1. The number of benzene rings is 2. The van der Waals surface area contributed by atoms with Crippen LogP contribution in [0.3, 0.4) is 0 Å². The number of hydrogen-bond donors (Lipinski definition) is 0. The molecule has 1 atom stereocenters. The maximum absolute atomic E-state index is 13.4. The van der Waals surface area contributed by atoms with E-state index in [0.29, 0.717) is 18.6 Å². The van der Waals surface area contributed by atoms with Crippen molar-refractivity contribution < 1.29 is 17.9 Å². The van der Waals surface area contributed by atoms with Crippen molar-refractivity contribution in [2.45, 2.75) is 19.1 Å². The lowest BCUT2D eigenvalue weighted by molar-refractivity contribution is -0.125. The SMILES string of the molecule is CN(C(=O)/C(=C/c1cccc(OCc2ccccc2)c1)c1cccs1)C1CCS(=O)(=O)C1. The summed E-state index contributed by atoms with van der Waals surface area (Å²) in [5.74, 6) is 0.699. The molecule has 2 aromatic carbocycles. The summed E-state index contributed by atoms with van der Waals surface area (Å²) < 4.78 is 29.7. The first-order chi connectivity index (χ1) is 15.4. The summed E-state index contributed by atoms with van der Waals surface area (Å²) in [6.07, 6.45) is 2.33. The Morgan fingerprint density at radius 3 is 2.62 bits per heavy atom. The number of nitrogens with zero attached hydrogens (tertiary/aromatic N) is 1. The van der Waals surface area contributed by atoms with E-state index in [1.165, 1.54) is 11.3 Å². The van der Waals surface area contributed by atoms with Crippen molar-refractivity contribution in [3.8, 4) is 5.75 Å². The largest absolute Gasteiger partial charge is 0.489 e. The molecule has 1 aromatic heterocycles. The summed E-state index contributed by atoms with van der Waals surface area (Å²) >= 11 is 1.48. The van der Waals surface area contributed by atoms with Gasteiger partial charge in [-0.05, 0) is 47.2 Å². The van der Waals surface area contributed by atoms with E-state index in [2.05, 4.69) is 0 Å². The Hall–Kier alpha value is -2.90. The predicted octanol–water partition coefficient (Wildman–Crippen LogP) is 4.51. The summed E-state index contributed by atoms with van der Waals surface area (Å²) in [6.45, 7) is 0.462. The molecule has 2 heterocycles. The maximum atomic E-state index is 13.4. The molecule has 0 saturated carbocycles. The molecule has 1 fully saturated rings. The fourth-order valence-electron chi connectivity index (χ4n) is 3.71. The van der Waals surface area contributed by atoms with Crippen LogP contribution in [0.4, 0.5) is 0 Å². The first-order valence-corrected chi connectivity index (χ1v) is 13.1. The van der Waals surface area contributed by atoms with E-state index in [1.807, 2.05) is 78.2 Å². The maximum Gasteiger partial charge on any atom is 0.255 e. The fraction of sp³-hybridized carbons (Fsp3) is 0.240. The van der Waals surface area contributed by atoms with Crippen molar-refractivity contribution in [1.82, 2.24) is 4.90 Å². The second-order valence-electron chi connectivity index (χ2n) is 7.85. The van der Waals surface area contributed by atoms with Crippen LogP contribution in [0.1, 0.15) is 22.4 Å². The van der Waals surface area contributed by atoms with Crippen molar-refractivity contribution in [1.29, 1.82) is 0 Å². The predicted molar refractivity (Wildman–Crippen MR) is 129 cm³/mol. The molecule has 1 unspecified atom stereocenters. The van der Waals surface area contributed by atoms with Gasteiger partial charge in [-0.1, -0.05) is 48.5 Å². The van der Waals surface area contributed by atoms with Crippen molar-refractivity contribution in [3.63, 3.8) is 0 Å². The summed E-state index contributed by atoms with van der Waals surface area (Å²) in [4.78, 5) is 15.8. The number of rotatable bonds is 7. The third-order valence-corrected chi connectivity index (χ3v) is 8.16. The third kappa shape index (κ3) is 5.47. The van der Waals surface area contributed by atoms with Crippen molar-refractivity contribution in [3.05, 3.63) is 88.1 Å². The zero-order valence-electron chi connectivity index (χ0n) is 17.8. The highest BCUT2D eigenvalue weighted by molar-refractivity contribution is 7.91. The highest BCUT2D eigenvalue weighted by Gasteiger charge is 2.34. The van der Waals surface area contributed by atoms with Gasteiger partial charge in [0.25, 0.3) is 5.91 Å². The molecule has 166 valence electrons. The van der Waals surface area contributed by atoms with Gasteiger partial charge < -0.3 is 9.64 Å². The van der Waals surface area contributed by atoms with Gasteiger partial charge in [-0.2, -0.15) is 0 Å². The molecule has 1 amide bonds. The standard InChI is InChI=1S/C25H25NO4S2/c1-26(21-12-14-32(28,29)18-21)25(27)23(24-11-6-13-31-24)16-20-9-5-10-22(15-20)30-17-19-7-3-2-4-8-19/h2-11,13,15-16,21H,12,14,17-18H2,1H3/b23-16+. The Labute approximate surface area is 192 Å². The number of likely N-dealkylation sites (N-methyl/N-ethyl adjacent to an activating group) is 1. The van der Waals surface area contributed by atoms with Gasteiger partial charge in [0.2, 0.25) is 0 Å². The van der Waals surface area contributed by atoms with E-state index in [4.69, 9.17) is 4.74 Å². The van der Waals surface area contributed by atoms with Gasteiger partial charge >= 0.3 is 0 Å². The van der Waals surface area contributed by atoms with E-state index in [0.717, 1.165) is 21.8 Å². The summed E-state index contributed by atoms with van der Waals surface area (Å²) in [5, 5.41) is 1.93. The highest BCUT2D eigenvalue weighted by atomic mass is 32.2. The highest BCUT2D eigenvalue weighted by Crippen LogP contribution is 2.28. The number of thiophene rings is 1. The van der Waals surface area contributed by atoms with E-state index in [-0.39, 0.29) is 23.5 Å². The molecule has 7 heteroatoms. The molecule has 0 radical (unpaired) electrons. The average molecular weight is 468 g/mol. The molecule has 1 aliphatic heterocycles. The third-order valence-electron chi connectivity index (χ3n) is 5.51. The van der Waals surface area contributed by atoms with Crippen LogP contribution < -0.4 is 4.74 Å². The molecule has 0 aliphatic carbocycles. The van der Waals surface area contributed by atoms with Gasteiger partial charge in [-0.25, -0.2) is 8.42 Å². The fourth-order valence-corrected chi connectivity index (χ4v) is 6.22. The normalized spacial score (nSPS) is 17.8. The number of hydrogen-bond acceptors (Lipinski definition) is 5. The Bertz CT molecular complexity index is 1200. The molecule has 3 aromatic rings. The summed E-state index contributed by atoms with van der Waals surface area (Å²) in [6, 6.07) is 21.1. The molecular formula is C25H25NO4S2. The lowest BCUT2D eigenvalue weighted by atomic mass is 10.1. The van der Waals surface area contributed by atoms with Gasteiger partial charge in [0.1, 0.15) is 12.4 Å². The topological polar surface area (TPSA) is 63.7 Å². The smallest absolute Gasteiger partial charge is 0.255 e. The van der Waals surface area contributed by atoms with E-state index in [1.54, 1.807) is 11.9 Å². The van der Waals surface area contributed by atoms with Crippen LogP contribution in [0.2, 0.25) is 0 Å². The van der Waals surface area contributed by atoms with Gasteiger partial charge in [-0.3, -0.25) is 4.79 Å². The van der Waals surface area contributed by atoms with Crippen molar-refractivity contribution in [2.24, 2.45) is 0 Å². The summed E-state index contributed by atoms with van der Waals surface area (Å²) in [7, 11) is -1.39. The minimum Gasteiger partial charge on any atom is -0.489 e. The van der Waals surface area contributed by atoms with Crippen LogP contribution >= 0.6 is 11.3 Å². The second-order valence-corrected chi connectivity index (χ2v) is 11.0. The molecule has 0 spiro atoms. The number of carbonyl (C=O) groups is 1. The second kappa shape index (κ2) is 9.71. The number of amides is 1. The zero-order valence-corrected chi connectivity index (χ0v) is 19.4.